The van der Waals surface area contributed by atoms with Gasteiger partial charge < -0.3 is 10.2 Å². The molecule has 0 N–H and O–H groups in total. The van der Waals surface area contributed by atoms with E-state index >= 15 is 0 Å². The van der Waals surface area contributed by atoms with E-state index in [1.54, 1.807) is 0 Å². The molecule has 0 spiro atoms. The third-order valence-corrected chi connectivity index (χ3v) is 3.48. The Balaban J connectivity index is -0.000000411. The molecular formula is C22H38CoO4. The standard InChI is InChI=1S/2C11H20O2.Co/c2*1-10(2,3)8(12)7-9(13)11(4,5)6;/h2*7,12H,1-6H3;/q;;+2/p-2/b2*8-7-;. The van der Waals surface area contributed by atoms with Crippen LogP contribution < -0.4 is 10.2 Å². The Hall–Kier alpha value is -1.07. The van der Waals surface area contributed by atoms with Gasteiger partial charge in [0.2, 0.25) is 0 Å². The van der Waals surface area contributed by atoms with E-state index < -0.39 is 21.7 Å². The zero-order chi connectivity index (χ0) is 21.7. The van der Waals surface area contributed by atoms with Crippen molar-refractivity contribution in [1.29, 1.82) is 0 Å². The van der Waals surface area contributed by atoms with Crippen molar-refractivity contribution in [3.8, 4) is 0 Å². The third-order valence-electron chi connectivity index (χ3n) is 3.48. The molecule has 0 aliphatic heterocycles. The molecule has 0 aromatic carbocycles. The topological polar surface area (TPSA) is 80.3 Å². The average molecular weight is 425 g/mol. The van der Waals surface area contributed by atoms with Crippen LogP contribution in [0, 0.1) is 21.7 Å². The molecule has 0 heterocycles. The van der Waals surface area contributed by atoms with Crippen LogP contribution in [-0.4, -0.2) is 11.6 Å². The summed E-state index contributed by atoms with van der Waals surface area (Å²) in [6.45, 7) is 21.7. The zero-order valence-corrected chi connectivity index (χ0v) is 20.2. The zero-order valence-electron chi connectivity index (χ0n) is 19.1. The Labute approximate surface area is 176 Å². The average Bonchev–Trinajstić information content (AvgIpc) is 2.34. The van der Waals surface area contributed by atoms with Crippen LogP contribution in [0.25, 0.3) is 0 Å². The molecule has 0 saturated heterocycles. The van der Waals surface area contributed by atoms with E-state index in [1.807, 2.05) is 83.1 Å². The molecule has 0 amide bonds. The number of hydrogen-bond donors (Lipinski definition) is 0. The normalized spacial score (nSPS) is 13.9. The molecule has 0 aromatic heterocycles. The molecule has 1 radical (unpaired) electrons. The summed E-state index contributed by atoms with van der Waals surface area (Å²) < 4.78 is 0. The Bertz CT molecular complexity index is 505. The summed E-state index contributed by atoms with van der Waals surface area (Å²) in [7, 11) is 0. The quantitative estimate of drug-likeness (QED) is 0.498. The van der Waals surface area contributed by atoms with Crippen molar-refractivity contribution in [3.05, 3.63) is 23.7 Å². The number of ketones is 2. The summed E-state index contributed by atoms with van der Waals surface area (Å²) in [6, 6.07) is 0. The molecule has 0 saturated carbocycles. The molecule has 0 atom stereocenters. The molecule has 0 aromatic rings. The van der Waals surface area contributed by atoms with Gasteiger partial charge in [-0.15, -0.1) is 11.5 Å². The van der Waals surface area contributed by atoms with Crippen LogP contribution in [-0.2, 0) is 26.4 Å². The minimum absolute atomic E-state index is 0. The van der Waals surface area contributed by atoms with Crippen LogP contribution >= 0.6 is 0 Å². The first-order chi connectivity index (χ1) is 11.1. The van der Waals surface area contributed by atoms with E-state index in [2.05, 4.69) is 0 Å². The molecule has 159 valence electrons. The van der Waals surface area contributed by atoms with Crippen LogP contribution in [0.15, 0.2) is 23.7 Å². The van der Waals surface area contributed by atoms with Gasteiger partial charge in [0, 0.05) is 10.8 Å². The summed E-state index contributed by atoms with van der Waals surface area (Å²) in [5, 5.41) is 22.9. The van der Waals surface area contributed by atoms with Gasteiger partial charge in [-0.25, -0.2) is 0 Å². The summed E-state index contributed by atoms with van der Waals surface area (Å²) >= 11 is 0. The molecule has 5 heteroatoms. The molecular weight excluding hydrogens is 387 g/mol. The molecule has 0 rings (SSSR count). The van der Waals surface area contributed by atoms with Gasteiger partial charge in [-0.3, -0.25) is 9.59 Å². The summed E-state index contributed by atoms with van der Waals surface area (Å²) in [5.41, 5.74) is -1.83. The Morgan fingerprint density at radius 2 is 0.704 bits per heavy atom. The predicted molar refractivity (Wildman–Crippen MR) is 104 cm³/mol. The predicted octanol–water partition coefficient (Wildman–Crippen LogP) is 3.78. The first-order valence-electron chi connectivity index (χ1n) is 8.97. The van der Waals surface area contributed by atoms with Gasteiger partial charge in [-0.05, 0) is 23.0 Å². The van der Waals surface area contributed by atoms with Gasteiger partial charge in [0.1, 0.15) is 0 Å². The summed E-state index contributed by atoms with van der Waals surface area (Å²) in [5.74, 6) is -0.417. The van der Waals surface area contributed by atoms with E-state index in [1.165, 1.54) is 12.2 Å². The monoisotopic (exact) mass is 425 g/mol. The van der Waals surface area contributed by atoms with Crippen LogP contribution in [0.2, 0.25) is 0 Å². The minimum Gasteiger partial charge on any atom is -0.875 e. The first-order valence-corrected chi connectivity index (χ1v) is 8.97. The SMILES string of the molecule is CC(C)(C)C(=O)/C=C(\[O-])C(C)(C)C.CC(C)(C)C(=O)/C=C(\[O-])C(C)(C)C.[Co+2]. The number of carbonyl (C=O) groups is 2. The Kier molecular flexibility index (Phi) is 11.9. The maximum absolute atomic E-state index is 11.4. The van der Waals surface area contributed by atoms with Crippen LogP contribution in [0.3, 0.4) is 0 Å². The van der Waals surface area contributed by atoms with E-state index in [0.29, 0.717) is 0 Å². The molecule has 0 unspecified atom stereocenters. The summed E-state index contributed by atoms with van der Waals surface area (Å²) in [4.78, 5) is 22.9. The summed E-state index contributed by atoms with van der Waals surface area (Å²) in [6.07, 6.45) is 2.44. The third kappa shape index (κ3) is 13.7. The molecule has 4 nitrogen and oxygen atoms in total. The second kappa shape index (κ2) is 10.5. The fourth-order valence-electron chi connectivity index (χ4n) is 1.10. The Morgan fingerprint density at radius 1 is 0.519 bits per heavy atom. The van der Waals surface area contributed by atoms with Crippen molar-refractivity contribution in [3.63, 3.8) is 0 Å². The number of rotatable bonds is 2. The molecule has 0 fully saturated rings. The van der Waals surface area contributed by atoms with Gasteiger partial charge >= 0.3 is 16.8 Å². The van der Waals surface area contributed by atoms with Crippen molar-refractivity contribution < 1.29 is 36.6 Å². The van der Waals surface area contributed by atoms with E-state index in [-0.39, 0.29) is 39.9 Å². The van der Waals surface area contributed by atoms with E-state index in [4.69, 9.17) is 0 Å². The van der Waals surface area contributed by atoms with E-state index in [9.17, 15) is 19.8 Å². The fourth-order valence-corrected chi connectivity index (χ4v) is 1.10. The van der Waals surface area contributed by atoms with Gasteiger partial charge in [0.05, 0.1) is 0 Å². The van der Waals surface area contributed by atoms with Crippen molar-refractivity contribution in [1.82, 2.24) is 0 Å². The fraction of sp³-hybridized carbons (Fsp3) is 0.727. The molecule has 0 bridgehead atoms. The van der Waals surface area contributed by atoms with Crippen LogP contribution in [0.4, 0.5) is 0 Å². The van der Waals surface area contributed by atoms with E-state index in [0.717, 1.165) is 0 Å². The second-order valence-electron chi connectivity index (χ2n) is 10.7. The van der Waals surface area contributed by atoms with Crippen molar-refractivity contribution in [2.45, 2.75) is 83.1 Å². The smallest absolute Gasteiger partial charge is 0.875 e. The van der Waals surface area contributed by atoms with Gasteiger partial charge in [0.25, 0.3) is 0 Å². The van der Waals surface area contributed by atoms with Crippen molar-refractivity contribution in [2.75, 3.05) is 0 Å². The number of carbonyl (C=O) groups excluding carboxylic acids is 2. The Morgan fingerprint density at radius 3 is 0.815 bits per heavy atom. The number of allylic oxidation sites excluding steroid dienone is 4. The van der Waals surface area contributed by atoms with Crippen molar-refractivity contribution in [2.24, 2.45) is 21.7 Å². The minimum atomic E-state index is -0.457. The molecule has 0 aliphatic rings. The van der Waals surface area contributed by atoms with Crippen LogP contribution in [0.1, 0.15) is 83.1 Å². The second-order valence-corrected chi connectivity index (χ2v) is 10.7. The van der Waals surface area contributed by atoms with Gasteiger partial charge in [0.15, 0.2) is 11.6 Å². The maximum Gasteiger partial charge on any atom is 2.00 e. The molecule has 27 heavy (non-hydrogen) atoms. The van der Waals surface area contributed by atoms with Gasteiger partial charge in [-0.1, -0.05) is 83.1 Å². The molecule has 0 aliphatic carbocycles. The van der Waals surface area contributed by atoms with Crippen LogP contribution in [0.5, 0.6) is 0 Å². The first kappa shape index (κ1) is 30.6. The largest absolute Gasteiger partial charge is 2.00 e. The maximum atomic E-state index is 11.4. The number of hydrogen-bond acceptors (Lipinski definition) is 4. The van der Waals surface area contributed by atoms with Crippen molar-refractivity contribution >= 4 is 11.6 Å². The van der Waals surface area contributed by atoms with Gasteiger partial charge in [-0.2, -0.15) is 0 Å².